The van der Waals surface area contributed by atoms with Crippen LogP contribution in [0.3, 0.4) is 0 Å². The number of ether oxygens (including phenoxy) is 1. The Bertz CT molecular complexity index is 749. The minimum Gasteiger partial charge on any atom is -0.478 e. The smallest absolute Gasteiger partial charge is 0.310 e. The molecule has 0 amide bonds. The van der Waals surface area contributed by atoms with Crippen molar-refractivity contribution in [1.29, 1.82) is 0 Å². The molecule has 0 radical (unpaired) electrons. The van der Waals surface area contributed by atoms with E-state index >= 15 is 0 Å². The molecular weight excluding hydrogens is 318 g/mol. The highest BCUT2D eigenvalue weighted by Crippen LogP contribution is 2.32. The summed E-state index contributed by atoms with van der Waals surface area (Å²) < 4.78 is 5.37. The van der Waals surface area contributed by atoms with Crippen LogP contribution < -0.4 is 4.74 Å². The Balaban J connectivity index is 1.63. The lowest BCUT2D eigenvalue weighted by atomic mass is 9.84. The number of nitro groups is 1. The summed E-state index contributed by atoms with van der Waals surface area (Å²) in [4.78, 5) is 22.7. The molecule has 25 heavy (non-hydrogen) atoms. The van der Waals surface area contributed by atoms with Crippen molar-refractivity contribution in [3.05, 3.63) is 69.8 Å². The van der Waals surface area contributed by atoms with E-state index in [1.165, 1.54) is 49.8 Å². The van der Waals surface area contributed by atoms with E-state index < -0.39 is 4.92 Å². The Labute approximate surface area is 146 Å². The molecule has 0 N–H and O–H groups in total. The molecule has 0 bridgehead atoms. The zero-order chi connectivity index (χ0) is 17.6. The largest absolute Gasteiger partial charge is 0.478 e. The maximum Gasteiger partial charge on any atom is 0.310 e. The van der Waals surface area contributed by atoms with Gasteiger partial charge in [-0.3, -0.25) is 14.9 Å². The molecule has 2 aromatic rings. The number of ketones is 1. The molecule has 2 aromatic carbocycles. The average Bonchev–Trinajstić information content (AvgIpc) is 2.67. The van der Waals surface area contributed by atoms with E-state index in [4.69, 9.17) is 4.74 Å². The predicted molar refractivity (Wildman–Crippen MR) is 95.2 cm³/mol. The van der Waals surface area contributed by atoms with Crippen LogP contribution in [0.4, 0.5) is 5.69 Å². The van der Waals surface area contributed by atoms with E-state index in [-0.39, 0.29) is 23.8 Å². The van der Waals surface area contributed by atoms with Crippen molar-refractivity contribution in [2.45, 2.75) is 38.0 Å². The van der Waals surface area contributed by atoms with E-state index in [2.05, 4.69) is 0 Å². The van der Waals surface area contributed by atoms with Gasteiger partial charge in [0.1, 0.15) is 0 Å². The van der Waals surface area contributed by atoms with Gasteiger partial charge in [0.2, 0.25) is 0 Å². The maximum absolute atomic E-state index is 12.3. The van der Waals surface area contributed by atoms with Crippen molar-refractivity contribution >= 4 is 11.5 Å². The van der Waals surface area contributed by atoms with Gasteiger partial charge in [-0.05, 0) is 30.4 Å². The molecule has 130 valence electrons. The van der Waals surface area contributed by atoms with Gasteiger partial charge in [0.05, 0.1) is 4.92 Å². The van der Waals surface area contributed by atoms with Crippen LogP contribution in [0.1, 0.15) is 53.9 Å². The SMILES string of the molecule is O=C(COc1ccccc1[N+](=O)[O-])c1ccc(C2CCCCC2)cc1. The zero-order valence-electron chi connectivity index (χ0n) is 14.0. The highest BCUT2D eigenvalue weighted by Gasteiger charge is 2.17. The molecule has 5 heteroatoms. The second-order valence-electron chi connectivity index (χ2n) is 6.39. The van der Waals surface area contributed by atoms with E-state index in [9.17, 15) is 14.9 Å². The number of hydrogen-bond acceptors (Lipinski definition) is 4. The average molecular weight is 339 g/mol. The Hall–Kier alpha value is -2.69. The predicted octanol–water partition coefficient (Wildman–Crippen LogP) is 4.90. The van der Waals surface area contributed by atoms with Crippen LogP contribution in [0.25, 0.3) is 0 Å². The summed E-state index contributed by atoms with van der Waals surface area (Å²) in [5, 5.41) is 11.0. The molecule has 5 nitrogen and oxygen atoms in total. The quantitative estimate of drug-likeness (QED) is 0.426. The van der Waals surface area contributed by atoms with Crippen molar-refractivity contribution in [3.8, 4) is 5.75 Å². The number of carbonyl (C=O) groups excluding carboxylic acids is 1. The molecule has 0 heterocycles. The number of benzene rings is 2. The van der Waals surface area contributed by atoms with Crippen molar-refractivity contribution in [2.75, 3.05) is 6.61 Å². The molecule has 0 saturated heterocycles. The van der Waals surface area contributed by atoms with Gasteiger partial charge < -0.3 is 4.74 Å². The lowest BCUT2D eigenvalue weighted by Gasteiger charge is -2.22. The van der Waals surface area contributed by atoms with Gasteiger partial charge in [-0.25, -0.2) is 0 Å². The minimum absolute atomic E-state index is 0.111. The standard InChI is InChI=1S/C20H21NO4/c22-19(14-25-20-9-5-4-8-18(20)21(23)24)17-12-10-16(11-13-17)15-6-2-1-3-7-15/h4-5,8-13,15H,1-3,6-7,14H2. The number of para-hydroxylation sites is 2. The summed E-state index contributed by atoms with van der Waals surface area (Å²) in [6.45, 7) is -0.215. The van der Waals surface area contributed by atoms with Gasteiger partial charge in [-0.2, -0.15) is 0 Å². The molecule has 0 spiro atoms. The summed E-state index contributed by atoms with van der Waals surface area (Å²) in [6.07, 6.45) is 6.29. The first-order chi connectivity index (χ1) is 12.1. The first kappa shape index (κ1) is 17.1. The summed E-state index contributed by atoms with van der Waals surface area (Å²) in [7, 11) is 0. The normalized spacial score (nSPS) is 14.9. The maximum atomic E-state index is 12.3. The van der Waals surface area contributed by atoms with E-state index in [0.717, 1.165) is 0 Å². The first-order valence-corrected chi connectivity index (χ1v) is 8.64. The third-order valence-electron chi connectivity index (χ3n) is 4.73. The van der Waals surface area contributed by atoms with Crippen LogP contribution in [0.15, 0.2) is 48.5 Å². The summed E-state index contributed by atoms with van der Waals surface area (Å²) in [5.41, 5.74) is 1.72. The second kappa shape index (κ2) is 7.92. The van der Waals surface area contributed by atoms with Crippen LogP contribution in [-0.4, -0.2) is 17.3 Å². The molecular formula is C20H21NO4. The molecule has 0 aromatic heterocycles. The third kappa shape index (κ3) is 4.24. The summed E-state index contributed by atoms with van der Waals surface area (Å²) in [5.74, 6) is 0.522. The number of rotatable bonds is 6. The topological polar surface area (TPSA) is 69.4 Å². The monoisotopic (exact) mass is 339 g/mol. The number of Topliss-reactive ketones (excluding diaryl/α,β-unsaturated/α-hetero) is 1. The van der Waals surface area contributed by atoms with Crippen molar-refractivity contribution in [1.82, 2.24) is 0 Å². The van der Waals surface area contributed by atoms with Crippen LogP contribution in [-0.2, 0) is 0 Å². The molecule has 0 unspecified atom stereocenters. The highest BCUT2D eigenvalue weighted by molar-refractivity contribution is 5.97. The highest BCUT2D eigenvalue weighted by atomic mass is 16.6. The fraction of sp³-hybridized carbons (Fsp3) is 0.350. The number of hydrogen-bond donors (Lipinski definition) is 0. The van der Waals surface area contributed by atoms with Crippen molar-refractivity contribution in [2.24, 2.45) is 0 Å². The Morgan fingerprint density at radius 1 is 1.04 bits per heavy atom. The number of nitrogens with zero attached hydrogens (tertiary/aromatic N) is 1. The lowest BCUT2D eigenvalue weighted by molar-refractivity contribution is -0.385. The Morgan fingerprint density at radius 3 is 2.40 bits per heavy atom. The van der Waals surface area contributed by atoms with E-state index in [1.54, 1.807) is 12.1 Å². The molecule has 1 aliphatic carbocycles. The zero-order valence-corrected chi connectivity index (χ0v) is 14.0. The molecule has 0 atom stereocenters. The molecule has 3 rings (SSSR count). The van der Waals surface area contributed by atoms with Gasteiger partial charge in [-0.15, -0.1) is 0 Å². The van der Waals surface area contributed by atoms with Crippen LogP contribution in [0.5, 0.6) is 5.75 Å². The lowest BCUT2D eigenvalue weighted by Crippen LogP contribution is -2.12. The molecule has 1 aliphatic rings. The number of nitro benzene ring substituents is 1. The van der Waals surface area contributed by atoms with Gasteiger partial charge in [-0.1, -0.05) is 55.7 Å². The van der Waals surface area contributed by atoms with Crippen LogP contribution in [0, 0.1) is 10.1 Å². The van der Waals surface area contributed by atoms with Crippen molar-refractivity contribution < 1.29 is 14.5 Å². The van der Waals surface area contributed by atoms with Gasteiger partial charge in [0.25, 0.3) is 0 Å². The van der Waals surface area contributed by atoms with E-state index in [0.29, 0.717) is 11.5 Å². The minimum atomic E-state index is -0.515. The van der Waals surface area contributed by atoms with Gasteiger partial charge >= 0.3 is 5.69 Å². The second-order valence-corrected chi connectivity index (χ2v) is 6.39. The van der Waals surface area contributed by atoms with Crippen LogP contribution >= 0.6 is 0 Å². The van der Waals surface area contributed by atoms with Gasteiger partial charge in [0.15, 0.2) is 18.1 Å². The third-order valence-corrected chi connectivity index (χ3v) is 4.73. The Kier molecular flexibility index (Phi) is 5.43. The fourth-order valence-electron chi connectivity index (χ4n) is 3.33. The molecule has 1 saturated carbocycles. The molecule has 1 fully saturated rings. The fourth-order valence-corrected chi connectivity index (χ4v) is 3.33. The van der Waals surface area contributed by atoms with Gasteiger partial charge in [0, 0.05) is 11.6 Å². The summed E-state index contributed by atoms with van der Waals surface area (Å²) >= 11 is 0. The van der Waals surface area contributed by atoms with E-state index in [1.807, 2.05) is 24.3 Å². The van der Waals surface area contributed by atoms with Crippen LogP contribution in [0.2, 0.25) is 0 Å². The first-order valence-electron chi connectivity index (χ1n) is 8.64. The van der Waals surface area contributed by atoms with Crippen molar-refractivity contribution in [3.63, 3.8) is 0 Å². The Morgan fingerprint density at radius 2 is 1.72 bits per heavy atom. The summed E-state index contributed by atoms with van der Waals surface area (Å²) in [6, 6.07) is 13.8. The number of carbonyl (C=O) groups is 1. The molecule has 0 aliphatic heterocycles.